The number of hydrogen-bond acceptors (Lipinski definition) is 4. The van der Waals surface area contributed by atoms with Crippen molar-refractivity contribution in [2.45, 2.75) is 33.1 Å². The molecule has 0 aliphatic carbocycles. The summed E-state index contributed by atoms with van der Waals surface area (Å²) in [5.41, 5.74) is 1.72. The second-order valence-electron chi connectivity index (χ2n) is 4.29. The van der Waals surface area contributed by atoms with Gasteiger partial charge in [-0.3, -0.25) is 10.1 Å². The Kier molecular flexibility index (Phi) is 5.98. The van der Waals surface area contributed by atoms with Gasteiger partial charge >= 0.3 is 0 Å². The molecule has 0 unspecified atom stereocenters. The average Bonchev–Trinajstić information content (AvgIpc) is 2.30. The van der Waals surface area contributed by atoms with E-state index in [9.17, 15) is 10.1 Å². The van der Waals surface area contributed by atoms with Crippen LogP contribution < -0.4 is 4.74 Å². The predicted octanol–water partition coefficient (Wildman–Crippen LogP) is 3.69. The zero-order valence-corrected chi connectivity index (χ0v) is 11.7. The van der Waals surface area contributed by atoms with Crippen LogP contribution in [0.3, 0.4) is 0 Å². The molecule has 1 aromatic rings. The zero-order chi connectivity index (χ0) is 13.5. The summed E-state index contributed by atoms with van der Waals surface area (Å²) in [4.78, 5) is 10.5. The van der Waals surface area contributed by atoms with Gasteiger partial charge in [-0.15, -0.1) is 0 Å². The molecule has 0 aliphatic rings. The van der Waals surface area contributed by atoms with E-state index in [4.69, 9.17) is 4.74 Å². The van der Waals surface area contributed by atoms with Crippen LogP contribution in [0.5, 0.6) is 5.75 Å². The normalized spacial score (nSPS) is 10.4. The molecule has 4 nitrogen and oxygen atoms in total. The summed E-state index contributed by atoms with van der Waals surface area (Å²) >= 11 is 4.14. The number of unbranched alkanes of at least 4 members (excludes halogenated alkanes) is 2. The molecule has 5 heteroatoms. The van der Waals surface area contributed by atoms with Crippen LogP contribution in [-0.4, -0.2) is 17.3 Å². The molecule has 0 aliphatic heterocycles. The minimum Gasteiger partial charge on any atom is -0.493 e. The maximum atomic E-state index is 10.8. The molecule has 0 amide bonds. The van der Waals surface area contributed by atoms with Crippen molar-refractivity contribution < 1.29 is 9.66 Å². The zero-order valence-electron chi connectivity index (χ0n) is 10.8. The Hall–Kier alpha value is -1.23. The Labute approximate surface area is 113 Å². The van der Waals surface area contributed by atoms with Gasteiger partial charge in [0.1, 0.15) is 5.75 Å². The van der Waals surface area contributed by atoms with E-state index in [1.165, 1.54) is 6.07 Å². The second kappa shape index (κ2) is 7.26. The summed E-state index contributed by atoms with van der Waals surface area (Å²) < 4.78 is 5.60. The summed E-state index contributed by atoms with van der Waals surface area (Å²) in [6.07, 6.45) is 3.08. The first-order chi connectivity index (χ1) is 8.56. The summed E-state index contributed by atoms with van der Waals surface area (Å²) in [6, 6.07) is 3.31. The topological polar surface area (TPSA) is 52.4 Å². The van der Waals surface area contributed by atoms with Crippen molar-refractivity contribution in [2.75, 3.05) is 12.4 Å². The van der Waals surface area contributed by atoms with Gasteiger partial charge < -0.3 is 4.74 Å². The van der Waals surface area contributed by atoms with Crippen molar-refractivity contribution >= 4 is 18.3 Å². The fourth-order valence-electron chi connectivity index (χ4n) is 1.75. The predicted molar refractivity (Wildman–Crippen MR) is 75.8 cm³/mol. The van der Waals surface area contributed by atoms with Crippen LogP contribution in [-0.2, 0) is 0 Å². The number of hydrogen-bond donors (Lipinski definition) is 1. The number of thiol groups is 1. The molecule has 0 N–H and O–H groups in total. The van der Waals surface area contributed by atoms with Gasteiger partial charge in [0.05, 0.1) is 17.6 Å². The largest absolute Gasteiger partial charge is 0.493 e. The number of benzene rings is 1. The van der Waals surface area contributed by atoms with E-state index in [0.717, 1.165) is 30.6 Å². The number of nitro groups is 1. The molecule has 0 atom stereocenters. The van der Waals surface area contributed by atoms with E-state index in [1.54, 1.807) is 13.0 Å². The van der Waals surface area contributed by atoms with Crippen LogP contribution in [0.4, 0.5) is 5.69 Å². The fourth-order valence-corrected chi connectivity index (χ4v) is 1.97. The lowest BCUT2D eigenvalue weighted by atomic mass is 10.1. The van der Waals surface area contributed by atoms with E-state index in [1.807, 2.05) is 6.92 Å². The van der Waals surface area contributed by atoms with Gasteiger partial charge in [-0.25, -0.2) is 0 Å². The highest BCUT2D eigenvalue weighted by Crippen LogP contribution is 2.28. The summed E-state index contributed by atoms with van der Waals surface area (Å²) in [5, 5.41) is 10.8. The number of aryl methyl sites for hydroxylation is 2. The standard InChI is InChI=1S/C13H19NO3S/c1-10-8-11(2)13(9-12(10)14(15)16)17-6-4-3-5-7-18/h8-9,18H,3-7H2,1-2H3. The van der Waals surface area contributed by atoms with Gasteiger partial charge in [0.2, 0.25) is 0 Å². The molecule has 0 heterocycles. The van der Waals surface area contributed by atoms with Gasteiger partial charge in [-0.1, -0.05) is 0 Å². The summed E-state index contributed by atoms with van der Waals surface area (Å²) in [5.74, 6) is 1.49. The van der Waals surface area contributed by atoms with Crippen LogP contribution in [0.1, 0.15) is 30.4 Å². The van der Waals surface area contributed by atoms with Crippen LogP contribution in [0.25, 0.3) is 0 Å². The van der Waals surface area contributed by atoms with Gasteiger partial charge in [0.15, 0.2) is 0 Å². The van der Waals surface area contributed by atoms with Crippen molar-refractivity contribution in [2.24, 2.45) is 0 Å². The van der Waals surface area contributed by atoms with E-state index < -0.39 is 0 Å². The minimum atomic E-state index is -0.372. The van der Waals surface area contributed by atoms with Crippen molar-refractivity contribution in [1.82, 2.24) is 0 Å². The smallest absolute Gasteiger partial charge is 0.276 e. The summed E-state index contributed by atoms with van der Waals surface area (Å²) in [6.45, 7) is 4.23. The van der Waals surface area contributed by atoms with Crippen LogP contribution in [0, 0.1) is 24.0 Å². The van der Waals surface area contributed by atoms with E-state index in [2.05, 4.69) is 12.6 Å². The van der Waals surface area contributed by atoms with Crippen LogP contribution in [0.15, 0.2) is 12.1 Å². The number of nitrogens with zero attached hydrogens (tertiary/aromatic N) is 1. The molecule has 0 saturated heterocycles. The van der Waals surface area contributed by atoms with E-state index in [0.29, 0.717) is 17.9 Å². The fraction of sp³-hybridized carbons (Fsp3) is 0.538. The molecule has 0 fully saturated rings. The molecule has 0 bridgehead atoms. The van der Waals surface area contributed by atoms with E-state index in [-0.39, 0.29) is 10.6 Å². The molecule has 0 radical (unpaired) electrons. The number of rotatable bonds is 7. The van der Waals surface area contributed by atoms with Gasteiger partial charge in [0, 0.05) is 5.56 Å². The second-order valence-corrected chi connectivity index (χ2v) is 4.74. The lowest BCUT2D eigenvalue weighted by Crippen LogP contribution is -2.01. The highest BCUT2D eigenvalue weighted by molar-refractivity contribution is 7.80. The Morgan fingerprint density at radius 3 is 2.56 bits per heavy atom. The van der Waals surface area contributed by atoms with Gasteiger partial charge in [-0.2, -0.15) is 12.6 Å². The molecular weight excluding hydrogens is 250 g/mol. The lowest BCUT2D eigenvalue weighted by molar-refractivity contribution is -0.385. The number of nitro benzene ring substituents is 1. The maximum Gasteiger partial charge on any atom is 0.276 e. The Morgan fingerprint density at radius 1 is 1.22 bits per heavy atom. The monoisotopic (exact) mass is 269 g/mol. The SMILES string of the molecule is Cc1cc(C)c([N+](=O)[O-])cc1OCCCCCS. The minimum absolute atomic E-state index is 0.117. The van der Waals surface area contributed by atoms with Crippen molar-refractivity contribution in [3.8, 4) is 5.75 Å². The van der Waals surface area contributed by atoms with Crippen LogP contribution in [0.2, 0.25) is 0 Å². The quantitative estimate of drug-likeness (QED) is 0.355. The average molecular weight is 269 g/mol. The van der Waals surface area contributed by atoms with E-state index >= 15 is 0 Å². The number of ether oxygens (including phenoxy) is 1. The molecule has 0 saturated carbocycles. The highest BCUT2D eigenvalue weighted by atomic mass is 32.1. The molecule has 18 heavy (non-hydrogen) atoms. The van der Waals surface area contributed by atoms with Crippen molar-refractivity contribution in [1.29, 1.82) is 0 Å². The Morgan fingerprint density at radius 2 is 1.94 bits per heavy atom. The third-order valence-corrected chi connectivity index (χ3v) is 3.07. The van der Waals surface area contributed by atoms with Gasteiger partial charge in [-0.05, 0) is 50.5 Å². The first-order valence-electron chi connectivity index (χ1n) is 6.05. The summed E-state index contributed by atoms with van der Waals surface area (Å²) in [7, 11) is 0. The molecule has 100 valence electrons. The van der Waals surface area contributed by atoms with Crippen molar-refractivity contribution in [3.05, 3.63) is 33.4 Å². The third-order valence-electron chi connectivity index (χ3n) is 2.75. The molecular formula is C13H19NO3S. The molecule has 0 aromatic heterocycles. The molecule has 0 spiro atoms. The molecule has 1 aromatic carbocycles. The first-order valence-corrected chi connectivity index (χ1v) is 6.68. The first kappa shape index (κ1) is 14.8. The maximum absolute atomic E-state index is 10.8. The Bertz CT molecular complexity index is 421. The molecule has 1 rings (SSSR count). The van der Waals surface area contributed by atoms with Crippen molar-refractivity contribution in [3.63, 3.8) is 0 Å². The third kappa shape index (κ3) is 4.22. The lowest BCUT2D eigenvalue weighted by Gasteiger charge is -2.10. The Balaban J connectivity index is 2.65. The highest BCUT2D eigenvalue weighted by Gasteiger charge is 2.14. The van der Waals surface area contributed by atoms with Gasteiger partial charge in [0.25, 0.3) is 5.69 Å². The van der Waals surface area contributed by atoms with Crippen LogP contribution >= 0.6 is 12.6 Å².